The summed E-state index contributed by atoms with van der Waals surface area (Å²) >= 11 is 6.16. The van der Waals surface area contributed by atoms with Crippen LogP contribution in [0.25, 0.3) is 0 Å². The highest BCUT2D eigenvalue weighted by molar-refractivity contribution is 7.89. The molecule has 1 N–H and O–H groups in total. The maximum atomic E-state index is 13.6. The van der Waals surface area contributed by atoms with Gasteiger partial charge in [-0.3, -0.25) is 0 Å². The molecule has 112 valence electrons. The zero-order valence-electron chi connectivity index (χ0n) is 10.8. The van der Waals surface area contributed by atoms with Gasteiger partial charge in [0.05, 0.1) is 0 Å². The zero-order valence-corrected chi connectivity index (χ0v) is 12.4. The molecule has 0 spiro atoms. The van der Waals surface area contributed by atoms with Crippen LogP contribution >= 0.6 is 11.6 Å². The fourth-order valence-corrected chi connectivity index (χ4v) is 4.14. The molecular formula is C13H16ClF2NO2S. The first kappa shape index (κ1) is 15.7. The summed E-state index contributed by atoms with van der Waals surface area (Å²) < 4.78 is 53.2. The van der Waals surface area contributed by atoms with E-state index in [2.05, 4.69) is 4.72 Å². The smallest absolute Gasteiger partial charge is 0.207 e. The zero-order chi connectivity index (χ0) is 14.8. The first-order valence-electron chi connectivity index (χ1n) is 6.51. The number of hydrogen-bond donors (Lipinski definition) is 1. The van der Waals surface area contributed by atoms with Crippen LogP contribution in [0.15, 0.2) is 23.1 Å². The molecule has 7 heteroatoms. The number of halogens is 3. The molecule has 0 amide bonds. The molecule has 2 rings (SSSR count). The number of hydrogen-bond acceptors (Lipinski definition) is 2. The van der Waals surface area contributed by atoms with Crippen LogP contribution in [0.5, 0.6) is 0 Å². The summed E-state index contributed by atoms with van der Waals surface area (Å²) in [5.74, 6) is -1.91. The normalized spacial score (nSPS) is 24.4. The number of alkyl halides is 1. The van der Waals surface area contributed by atoms with Gasteiger partial charge in [-0.15, -0.1) is 11.6 Å². The number of sulfonamides is 1. The van der Waals surface area contributed by atoms with Crippen molar-refractivity contribution in [1.29, 1.82) is 0 Å². The summed E-state index contributed by atoms with van der Waals surface area (Å²) in [7, 11) is -4.03. The molecule has 20 heavy (non-hydrogen) atoms. The van der Waals surface area contributed by atoms with Crippen LogP contribution in [-0.2, 0) is 10.0 Å². The van der Waals surface area contributed by atoms with Crippen molar-refractivity contribution in [2.24, 2.45) is 0 Å². The highest BCUT2D eigenvalue weighted by atomic mass is 35.5. The standard InChI is InChI=1S/C13H16ClF2NO2S/c14-10-4-2-1-3-5-12(10)17-20(18,19)13-7-6-9(15)8-11(13)16/h6-8,10,12,17H,1-5H2. The van der Waals surface area contributed by atoms with E-state index in [1.165, 1.54) is 0 Å². The molecule has 1 aliphatic rings. The van der Waals surface area contributed by atoms with Crippen LogP contribution in [0.3, 0.4) is 0 Å². The molecule has 2 atom stereocenters. The van der Waals surface area contributed by atoms with Crippen LogP contribution in [-0.4, -0.2) is 19.8 Å². The summed E-state index contributed by atoms with van der Waals surface area (Å²) in [6, 6.07) is 1.98. The third-order valence-corrected chi connectivity index (χ3v) is 5.47. The molecule has 1 fully saturated rings. The Hall–Kier alpha value is -0.720. The highest BCUT2D eigenvalue weighted by Crippen LogP contribution is 2.24. The SMILES string of the molecule is O=S(=O)(NC1CCCCCC1Cl)c1ccc(F)cc1F. The van der Waals surface area contributed by atoms with Crippen LogP contribution in [0.1, 0.15) is 32.1 Å². The lowest BCUT2D eigenvalue weighted by Gasteiger charge is -2.21. The predicted octanol–water partition coefficient (Wildman–Crippen LogP) is 3.18. The predicted molar refractivity (Wildman–Crippen MR) is 73.2 cm³/mol. The number of rotatable bonds is 3. The lowest BCUT2D eigenvalue weighted by Crippen LogP contribution is -2.40. The molecule has 1 saturated carbocycles. The summed E-state index contributed by atoms with van der Waals surface area (Å²) in [5, 5.41) is -0.309. The van der Waals surface area contributed by atoms with E-state index in [9.17, 15) is 17.2 Å². The maximum Gasteiger partial charge on any atom is 0.243 e. The van der Waals surface area contributed by atoms with E-state index >= 15 is 0 Å². The second-order valence-electron chi connectivity index (χ2n) is 4.96. The van der Waals surface area contributed by atoms with E-state index in [1.807, 2.05) is 0 Å². The summed E-state index contributed by atoms with van der Waals surface area (Å²) in [6.07, 6.45) is 4.18. The van der Waals surface area contributed by atoms with Gasteiger partial charge in [-0.1, -0.05) is 19.3 Å². The molecule has 0 aliphatic heterocycles. The van der Waals surface area contributed by atoms with E-state index in [-0.39, 0.29) is 5.38 Å². The monoisotopic (exact) mass is 323 g/mol. The van der Waals surface area contributed by atoms with E-state index in [0.717, 1.165) is 37.8 Å². The Morgan fingerprint density at radius 1 is 1.15 bits per heavy atom. The lowest BCUT2D eigenvalue weighted by atomic mass is 10.1. The van der Waals surface area contributed by atoms with Crippen molar-refractivity contribution < 1.29 is 17.2 Å². The number of nitrogens with one attached hydrogen (secondary N) is 1. The molecule has 1 aliphatic carbocycles. The lowest BCUT2D eigenvalue weighted by molar-refractivity contribution is 0.505. The van der Waals surface area contributed by atoms with E-state index in [0.29, 0.717) is 12.5 Å². The fraction of sp³-hybridized carbons (Fsp3) is 0.538. The van der Waals surface area contributed by atoms with Gasteiger partial charge >= 0.3 is 0 Å². The van der Waals surface area contributed by atoms with Gasteiger partial charge in [0.2, 0.25) is 10.0 Å². The van der Waals surface area contributed by atoms with Crippen LogP contribution < -0.4 is 4.72 Å². The molecule has 1 aromatic carbocycles. The van der Waals surface area contributed by atoms with Gasteiger partial charge in [0, 0.05) is 17.5 Å². The Morgan fingerprint density at radius 2 is 1.85 bits per heavy atom. The molecule has 0 heterocycles. The van der Waals surface area contributed by atoms with Crippen molar-refractivity contribution in [2.45, 2.75) is 48.4 Å². The van der Waals surface area contributed by atoms with Gasteiger partial charge in [0.25, 0.3) is 0 Å². The van der Waals surface area contributed by atoms with Gasteiger partial charge in [0.15, 0.2) is 0 Å². The summed E-state index contributed by atoms with van der Waals surface area (Å²) in [6.45, 7) is 0. The van der Waals surface area contributed by atoms with Gasteiger partial charge < -0.3 is 0 Å². The highest BCUT2D eigenvalue weighted by Gasteiger charge is 2.28. The first-order valence-corrected chi connectivity index (χ1v) is 8.43. The van der Waals surface area contributed by atoms with Gasteiger partial charge in [-0.2, -0.15) is 0 Å². The summed E-state index contributed by atoms with van der Waals surface area (Å²) in [5.41, 5.74) is 0. The second kappa shape index (κ2) is 6.37. The van der Waals surface area contributed by atoms with Crippen molar-refractivity contribution in [3.05, 3.63) is 29.8 Å². The Balaban J connectivity index is 2.21. The summed E-state index contributed by atoms with van der Waals surface area (Å²) in [4.78, 5) is -0.549. The molecule has 0 bridgehead atoms. The molecule has 2 unspecified atom stereocenters. The fourth-order valence-electron chi connectivity index (χ4n) is 2.35. The van der Waals surface area contributed by atoms with E-state index in [1.54, 1.807) is 0 Å². The third kappa shape index (κ3) is 3.68. The van der Waals surface area contributed by atoms with Crippen molar-refractivity contribution in [1.82, 2.24) is 4.72 Å². The minimum absolute atomic E-state index is 0.309. The molecule has 1 aromatic rings. The van der Waals surface area contributed by atoms with E-state index in [4.69, 9.17) is 11.6 Å². The average Bonchev–Trinajstić information content (AvgIpc) is 2.54. The Morgan fingerprint density at radius 3 is 2.55 bits per heavy atom. The second-order valence-corrected chi connectivity index (χ2v) is 7.20. The minimum atomic E-state index is -4.03. The molecule has 0 radical (unpaired) electrons. The van der Waals surface area contributed by atoms with Crippen LogP contribution in [0.2, 0.25) is 0 Å². The minimum Gasteiger partial charge on any atom is -0.207 e. The van der Waals surface area contributed by atoms with Gasteiger partial charge in [0.1, 0.15) is 16.5 Å². The van der Waals surface area contributed by atoms with Gasteiger partial charge in [-0.05, 0) is 25.0 Å². The maximum absolute atomic E-state index is 13.6. The quantitative estimate of drug-likeness (QED) is 0.686. The Kier molecular flexibility index (Phi) is 4.99. The Labute approximate surface area is 122 Å². The van der Waals surface area contributed by atoms with Crippen molar-refractivity contribution >= 4 is 21.6 Å². The molecule has 0 saturated heterocycles. The molecule has 3 nitrogen and oxygen atoms in total. The van der Waals surface area contributed by atoms with Crippen LogP contribution in [0, 0.1) is 11.6 Å². The first-order chi connectivity index (χ1) is 9.40. The van der Waals surface area contributed by atoms with Crippen molar-refractivity contribution in [3.63, 3.8) is 0 Å². The number of benzene rings is 1. The topological polar surface area (TPSA) is 46.2 Å². The van der Waals surface area contributed by atoms with E-state index < -0.39 is 32.6 Å². The third-order valence-electron chi connectivity index (χ3n) is 3.42. The molecule has 0 aromatic heterocycles. The van der Waals surface area contributed by atoms with Gasteiger partial charge in [-0.25, -0.2) is 21.9 Å². The molecular weight excluding hydrogens is 308 g/mol. The van der Waals surface area contributed by atoms with Crippen LogP contribution in [0.4, 0.5) is 8.78 Å². The van der Waals surface area contributed by atoms with Crippen molar-refractivity contribution in [2.75, 3.05) is 0 Å². The van der Waals surface area contributed by atoms with Crippen molar-refractivity contribution in [3.8, 4) is 0 Å². The Bertz CT molecular complexity index is 580. The average molecular weight is 324 g/mol. The largest absolute Gasteiger partial charge is 0.243 e.